The number of para-hydroxylation sites is 3. The fourth-order valence-electron chi connectivity index (χ4n) is 10.6. The summed E-state index contributed by atoms with van der Waals surface area (Å²) in [5, 5.41) is 7.08. The molecule has 0 spiro atoms. The van der Waals surface area contributed by atoms with Crippen LogP contribution in [-0.4, -0.2) is 4.57 Å². The quantitative estimate of drug-likeness (QED) is 0.167. The van der Waals surface area contributed by atoms with E-state index in [4.69, 9.17) is 4.42 Å². The summed E-state index contributed by atoms with van der Waals surface area (Å²) < 4.78 is 8.98. The fourth-order valence-corrected chi connectivity index (χ4v) is 10.6. The maximum absolute atomic E-state index is 6.57. The van der Waals surface area contributed by atoms with Crippen molar-refractivity contribution >= 4 is 71.6 Å². The van der Waals surface area contributed by atoms with Gasteiger partial charge in [-0.2, -0.15) is 0 Å². The smallest absolute Gasteiger partial charge is 0.137 e. The molecular formula is C59H38N2O. The molecular weight excluding hydrogens is 753 g/mol. The highest BCUT2D eigenvalue weighted by Gasteiger charge is 2.46. The number of rotatable bonds is 6. The maximum Gasteiger partial charge on any atom is 0.137 e. The lowest BCUT2D eigenvalue weighted by Crippen LogP contribution is -2.28. The van der Waals surface area contributed by atoms with Crippen molar-refractivity contribution in [3.05, 3.63) is 253 Å². The van der Waals surface area contributed by atoms with Crippen LogP contribution in [0.25, 0.3) is 71.3 Å². The molecule has 1 aliphatic carbocycles. The van der Waals surface area contributed by atoms with Gasteiger partial charge in [0.15, 0.2) is 0 Å². The van der Waals surface area contributed by atoms with E-state index in [9.17, 15) is 0 Å². The number of furan rings is 1. The van der Waals surface area contributed by atoms with Crippen LogP contribution in [0.15, 0.2) is 235 Å². The Labute approximate surface area is 359 Å². The summed E-state index contributed by atoms with van der Waals surface area (Å²) in [4.78, 5) is 2.46. The van der Waals surface area contributed by atoms with Crippen molar-refractivity contribution in [3.8, 4) is 16.8 Å². The van der Waals surface area contributed by atoms with Crippen LogP contribution in [-0.2, 0) is 5.41 Å². The number of hydrogen-bond acceptors (Lipinski definition) is 2. The summed E-state index contributed by atoms with van der Waals surface area (Å²) >= 11 is 0. The lowest BCUT2D eigenvalue weighted by molar-refractivity contribution is 0.669. The Morgan fingerprint density at radius 2 is 0.968 bits per heavy atom. The number of benzene rings is 10. The second-order valence-corrected chi connectivity index (χ2v) is 16.4. The highest BCUT2D eigenvalue weighted by atomic mass is 16.3. The third kappa shape index (κ3) is 4.94. The Kier molecular flexibility index (Phi) is 7.52. The van der Waals surface area contributed by atoms with Crippen LogP contribution in [0.4, 0.5) is 17.1 Å². The molecule has 3 heteroatoms. The number of aromatic nitrogens is 1. The zero-order chi connectivity index (χ0) is 40.8. The number of hydrogen-bond donors (Lipinski definition) is 0. The molecule has 0 aliphatic heterocycles. The minimum absolute atomic E-state index is 0.586. The Morgan fingerprint density at radius 3 is 1.74 bits per heavy atom. The molecule has 10 aromatic carbocycles. The molecule has 0 fully saturated rings. The van der Waals surface area contributed by atoms with Crippen LogP contribution >= 0.6 is 0 Å². The van der Waals surface area contributed by atoms with Gasteiger partial charge in [0, 0.05) is 33.2 Å². The Balaban J connectivity index is 1.14. The lowest BCUT2D eigenvalue weighted by Gasteiger charge is -2.35. The third-order valence-corrected chi connectivity index (χ3v) is 13.2. The van der Waals surface area contributed by atoms with Gasteiger partial charge in [-0.1, -0.05) is 158 Å². The number of fused-ring (bicyclic) bond motifs is 10. The van der Waals surface area contributed by atoms with Gasteiger partial charge in [0.25, 0.3) is 0 Å². The predicted molar refractivity (Wildman–Crippen MR) is 258 cm³/mol. The molecule has 1 aliphatic rings. The van der Waals surface area contributed by atoms with E-state index in [1.165, 1.54) is 60.4 Å². The minimum Gasteiger partial charge on any atom is -0.456 e. The molecule has 62 heavy (non-hydrogen) atoms. The molecule has 0 saturated carbocycles. The van der Waals surface area contributed by atoms with Gasteiger partial charge in [-0.15, -0.1) is 0 Å². The van der Waals surface area contributed by atoms with Gasteiger partial charge in [-0.3, -0.25) is 0 Å². The van der Waals surface area contributed by atoms with E-state index in [-0.39, 0.29) is 0 Å². The molecule has 0 radical (unpaired) electrons. The summed E-state index contributed by atoms with van der Waals surface area (Å²) in [6.07, 6.45) is 0. The van der Waals surface area contributed by atoms with Gasteiger partial charge in [-0.05, 0) is 117 Å². The SMILES string of the molecule is c1ccc(-n2c3ccccc3c3ccc(N(c4ccc5c(c4)C(c4ccccc4)(c4ccccc4)c4cc6ccccc6cc4-5)c4cccc5oc6ccccc6c45)cc32)cc1. The van der Waals surface area contributed by atoms with E-state index in [0.717, 1.165) is 50.2 Å². The molecule has 13 rings (SSSR count). The standard InChI is InChI=1S/C59H38N2O/c1-4-19-41(20-5-1)59(42-21-6-2-7-22-42)51-36-40-18-11-10-17-39(40)35-50(51)46-33-31-44(37-52(46)59)60(54-28-16-30-57-58(54)49-26-13-15-29-56(49)62-57)45-32-34-48-47-25-12-14-27-53(47)61(55(48)38-45)43-23-8-3-9-24-43/h1-38H. The zero-order valence-electron chi connectivity index (χ0n) is 33.7. The summed E-state index contributed by atoms with van der Waals surface area (Å²) in [6, 6.07) is 84.3. The second kappa shape index (κ2) is 13.4. The minimum atomic E-state index is -0.586. The monoisotopic (exact) mass is 790 g/mol. The first-order valence-electron chi connectivity index (χ1n) is 21.3. The van der Waals surface area contributed by atoms with Crippen LogP contribution in [0, 0.1) is 0 Å². The lowest BCUT2D eigenvalue weighted by atomic mass is 9.67. The first-order chi connectivity index (χ1) is 30.8. The van der Waals surface area contributed by atoms with Gasteiger partial charge in [0.1, 0.15) is 11.2 Å². The fraction of sp³-hybridized carbons (Fsp3) is 0.0169. The highest BCUT2D eigenvalue weighted by Crippen LogP contribution is 2.58. The number of anilines is 3. The molecule has 12 aromatic rings. The van der Waals surface area contributed by atoms with Gasteiger partial charge < -0.3 is 13.9 Å². The molecule has 0 amide bonds. The zero-order valence-corrected chi connectivity index (χ0v) is 33.7. The maximum atomic E-state index is 6.57. The van der Waals surface area contributed by atoms with Crippen LogP contribution < -0.4 is 4.90 Å². The van der Waals surface area contributed by atoms with Crippen molar-refractivity contribution in [2.75, 3.05) is 4.90 Å². The van der Waals surface area contributed by atoms with Crippen LogP contribution in [0.3, 0.4) is 0 Å². The summed E-state index contributed by atoms with van der Waals surface area (Å²) in [6.45, 7) is 0. The Hall–Kier alpha value is -8.14. The first kappa shape index (κ1) is 34.7. The molecule has 2 heterocycles. The molecule has 3 nitrogen and oxygen atoms in total. The topological polar surface area (TPSA) is 21.3 Å². The summed E-state index contributed by atoms with van der Waals surface area (Å²) in [7, 11) is 0. The largest absolute Gasteiger partial charge is 0.456 e. The molecule has 290 valence electrons. The molecule has 0 atom stereocenters. The van der Waals surface area contributed by atoms with Gasteiger partial charge in [0.05, 0.1) is 27.5 Å². The predicted octanol–water partition coefficient (Wildman–Crippen LogP) is 15.7. The number of nitrogens with zero attached hydrogens (tertiary/aromatic N) is 2. The van der Waals surface area contributed by atoms with Gasteiger partial charge >= 0.3 is 0 Å². The second-order valence-electron chi connectivity index (χ2n) is 16.4. The molecule has 0 unspecified atom stereocenters. The third-order valence-electron chi connectivity index (χ3n) is 13.2. The van der Waals surface area contributed by atoms with E-state index in [1.54, 1.807) is 0 Å². The van der Waals surface area contributed by atoms with E-state index in [0.29, 0.717) is 0 Å². The molecule has 0 N–H and O–H groups in total. The highest BCUT2D eigenvalue weighted by molar-refractivity contribution is 6.15. The average molecular weight is 791 g/mol. The van der Waals surface area contributed by atoms with E-state index in [1.807, 2.05) is 6.07 Å². The average Bonchev–Trinajstić information content (AvgIpc) is 3.98. The summed E-state index contributed by atoms with van der Waals surface area (Å²) in [5.74, 6) is 0. The molecule has 0 saturated heterocycles. The van der Waals surface area contributed by atoms with Crippen molar-refractivity contribution < 1.29 is 4.42 Å². The van der Waals surface area contributed by atoms with E-state index >= 15 is 0 Å². The Morgan fingerprint density at radius 1 is 0.387 bits per heavy atom. The molecule has 0 bridgehead atoms. The van der Waals surface area contributed by atoms with E-state index < -0.39 is 5.41 Å². The normalized spacial score (nSPS) is 13.0. The van der Waals surface area contributed by atoms with Crippen LogP contribution in [0.2, 0.25) is 0 Å². The summed E-state index contributed by atoms with van der Waals surface area (Å²) in [5.41, 5.74) is 15.3. The molecule has 2 aromatic heterocycles. The van der Waals surface area contributed by atoms with Crippen molar-refractivity contribution in [1.29, 1.82) is 0 Å². The van der Waals surface area contributed by atoms with Crippen molar-refractivity contribution in [3.63, 3.8) is 0 Å². The van der Waals surface area contributed by atoms with Crippen molar-refractivity contribution in [2.24, 2.45) is 0 Å². The first-order valence-corrected chi connectivity index (χ1v) is 21.3. The van der Waals surface area contributed by atoms with Crippen molar-refractivity contribution in [1.82, 2.24) is 4.57 Å². The van der Waals surface area contributed by atoms with Crippen LogP contribution in [0.1, 0.15) is 22.3 Å². The van der Waals surface area contributed by atoms with Crippen molar-refractivity contribution in [2.45, 2.75) is 5.41 Å². The van der Waals surface area contributed by atoms with Crippen LogP contribution in [0.5, 0.6) is 0 Å². The van der Waals surface area contributed by atoms with Gasteiger partial charge in [-0.25, -0.2) is 0 Å². The Bertz CT molecular complexity index is 3660. The van der Waals surface area contributed by atoms with E-state index in [2.05, 4.69) is 234 Å². The van der Waals surface area contributed by atoms with Gasteiger partial charge in [0.2, 0.25) is 0 Å².